The van der Waals surface area contributed by atoms with E-state index in [1.54, 1.807) is 0 Å². The van der Waals surface area contributed by atoms with Gasteiger partial charge < -0.3 is 28.5 Å². The summed E-state index contributed by atoms with van der Waals surface area (Å²) in [5.41, 5.74) is 0. The van der Waals surface area contributed by atoms with Gasteiger partial charge in [-0.25, -0.2) is 0 Å². The number of rotatable bonds is 66. The summed E-state index contributed by atoms with van der Waals surface area (Å²) < 4.78 is 30.5. The number of quaternary nitrogens is 1. The van der Waals surface area contributed by atoms with Crippen LogP contribution in [0.3, 0.4) is 0 Å². The third-order valence-corrected chi connectivity index (χ3v) is 17.3. The molecule has 0 aromatic heterocycles. The number of phosphoric ester groups is 1. The molecule has 0 fully saturated rings. The zero-order valence-corrected chi connectivity index (χ0v) is 55.9. The molecule has 0 aliphatic heterocycles. The Kier molecular flexibility index (Phi) is 60.4. The van der Waals surface area contributed by atoms with Crippen molar-refractivity contribution in [2.45, 2.75) is 380 Å². The van der Waals surface area contributed by atoms with E-state index in [9.17, 15) is 19.0 Å². The average Bonchev–Trinajstić information content (AvgIpc) is 3.44. The number of likely N-dealkylation sites (N-methyl/N-ethyl adjacent to an activating group) is 1. The van der Waals surface area contributed by atoms with E-state index in [-0.39, 0.29) is 31.5 Å². The van der Waals surface area contributed by atoms with Crippen molar-refractivity contribution in [2.24, 2.45) is 0 Å². The molecule has 3 atom stereocenters. The largest absolute Gasteiger partial charge is 0.756 e. The van der Waals surface area contributed by atoms with Gasteiger partial charge in [-0.3, -0.25) is 14.2 Å². The van der Waals surface area contributed by atoms with Crippen LogP contribution in [0.25, 0.3) is 0 Å². The average molecular weight is 1160 g/mol. The Labute approximate surface area is 504 Å². The number of nitrogens with zero attached hydrogens (tertiary/aromatic N) is 1. The number of hydrogen-bond donors (Lipinski definition) is 1. The topological polar surface area (TPSA) is 114 Å². The van der Waals surface area contributed by atoms with Gasteiger partial charge in [-0.2, -0.15) is 0 Å². The lowest BCUT2D eigenvalue weighted by atomic mass is 10.0. The van der Waals surface area contributed by atoms with Crippen LogP contribution >= 0.6 is 7.82 Å². The van der Waals surface area contributed by atoms with Crippen LogP contribution in [0.4, 0.5) is 0 Å². The lowest BCUT2D eigenvalue weighted by Crippen LogP contribution is -2.47. The minimum Gasteiger partial charge on any atom is -0.756 e. The zero-order valence-electron chi connectivity index (χ0n) is 55.0. The minimum atomic E-state index is -4.70. The molecule has 0 aromatic carbocycles. The molecule has 3 unspecified atom stereocenters. The molecule has 0 saturated carbocycles. The van der Waals surface area contributed by atoms with E-state index in [0.717, 1.165) is 57.8 Å². The van der Waals surface area contributed by atoms with Crippen LogP contribution in [-0.2, 0) is 27.9 Å². The first-order valence-corrected chi connectivity index (χ1v) is 37.1. The second-order valence-electron chi connectivity index (χ2n) is 25.7. The number of nitrogens with one attached hydrogen (secondary N) is 1. The van der Waals surface area contributed by atoms with Crippen LogP contribution in [0.15, 0.2) is 24.3 Å². The molecule has 0 spiro atoms. The Hall–Kier alpha value is -1.51. The van der Waals surface area contributed by atoms with Crippen molar-refractivity contribution >= 4 is 19.7 Å². The maximum Gasteiger partial charge on any atom is 0.306 e. The fraction of sp³-hybridized carbons (Fsp3) is 0.915. The van der Waals surface area contributed by atoms with E-state index in [4.69, 9.17) is 13.8 Å². The molecule has 81 heavy (non-hydrogen) atoms. The van der Waals surface area contributed by atoms with Crippen LogP contribution < -0.4 is 10.2 Å². The summed E-state index contributed by atoms with van der Waals surface area (Å²) in [6, 6.07) is -0.883. The number of ether oxygens (including phenoxy) is 1. The number of phosphoric acid groups is 1. The van der Waals surface area contributed by atoms with Crippen molar-refractivity contribution in [3.05, 3.63) is 24.3 Å². The molecular formula is C71H139N2O7P. The van der Waals surface area contributed by atoms with Gasteiger partial charge in [0.2, 0.25) is 5.91 Å². The smallest absolute Gasteiger partial charge is 0.306 e. The predicted molar refractivity (Wildman–Crippen MR) is 349 cm³/mol. The summed E-state index contributed by atoms with van der Waals surface area (Å²) in [6.07, 6.45) is 74.4. The highest BCUT2D eigenvalue weighted by Gasteiger charge is 2.27. The minimum absolute atomic E-state index is 0.0179. The molecule has 0 aliphatic carbocycles. The van der Waals surface area contributed by atoms with Crippen LogP contribution in [0.2, 0.25) is 0 Å². The summed E-state index contributed by atoms with van der Waals surface area (Å²) in [5.74, 6) is -0.517. The van der Waals surface area contributed by atoms with Gasteiger partial charge in [-0.15, -0.1) is 0 Å². The van der Waals surface area contributed by atoms with Gasteiger partial charge in [-0.1, -0.05) is 322 Å². The molecule has 0 rings (SSSR count). The molecule has 0 bridgehead atoms. The van der Waals surface area contributed by atoms with Gasteiger partial charge in [0.1, 0.15) is 19.3 Å². The van der Waals surface area contributed by atoms with Gasteiger partial charge in [0, 0.05) is 12.8 Å². The summed E-state index contributed by atoms with van der Waals surface area (Å²) in [6.45, 7) is 6.91. The summed E-state index contributed by atoms with van der Waals surface area (Å²) in [7, 11) is 1.21. The fourth-order valence-corrected chi connectivity index (χ4v) is 11.6. The second kappa shape index (κ2) is 61.6. The van der Waals surface area contributed by atoms with E-state index in [1.165, 1.54) is 276 Å². The maximum absolute atomic E-state index is 13.6. The van der Waals surface area contributed by atoms with Gasteiger partial charge in [0.15, 0.2) is 0 Å². The first-order chi connectivity index (χ1) is 39.4. The van der Waals surface area contributed by atoms with Gasteiger partial charge in [0.05, 0.1) is 33.8 Å². The van der Waals surface area contributed by atoms with Crippen molar-refractivity contribution in [2.75, 3.05) is 40.9 Å². The van der Waals surface area contributed by atoms with E-state index in [2.05, 4.69) is 38.2 Å². The lowest BCUT2D eigenvalue weighted by molar-refractivity contribution is -0.870. The van der Waals surface area contributed by atoms with E-state index < -0.39 is 20.0 Å². The van der Waals surface area contributed by atoms with Crippen LogP contribution in [0.5, 0.6) is 0 Å². The summed E-state index contributed by atoms with van der Waals surface area (Å²) in [4.78, 5) is 40.2. The number of carbonyl (C=O) groups excluding carboxylic acids is 2. The molecule has 480 valence electrons. The van der Waals surface area contributed by atoms with Crippen LogP contribution in [0, 0.1) is 0 Å². The molecule has 10 heteroatoms. The van der Waals surface area contributed by atoms with Crippen molar-refractivity contribution in [3.8, 4) is 0 Å². The molecule has 0 radical (unpaired) electrons. The third kappa shape index (κ3) is 62.8. The van der Waals surface area contributed by atoms with Crippen molar-refractivity contribution in [1.29, 1.82) is 0 Å². The van der Waals surface area contributed by atoms with Gasteiger partial charge >= 0.3 is 5.97 Å². The monoisotopic (exact) mass is 1160 g/mol. The number of carbonyl (C=O) groups is 2. The van der Waals surface area contributed by atoms with E-state index in [1.807, 2.05) is 33.3 Å². The highest BCUT2D eigenvalue weighted by molar-refractivity contribution is 7.45. The number of allylic oxidation sites excluding steroid dienone is 3. The van der Waals surface area contributed by atoms with Gasteiger partial charge in [0.25, 0.3) is 7.82 Å². The summed E-state index contributed by atoms with van der Waals surface area (Å²) in [5, 5.41) is 3.05. The highest BCUT2D eigenvalue weighted by atomic mass is 31.2. The van der Waals surface area contributed by atoms with Crippen LogP contribution in [-0.4, -0.2) is 69.4 Å². The Bertz CT molecular complexity index is 1430. The predicted octanol–water partition coefficient (Wildman–Crippen LogP) is 21.8. The van der Waals surface area contributed by atoms with Crippen molar-refractivity contribution < 1.29 is 37.3 Å². The third-order valence-electron chi connectivity index (χ3n) is 16.4. The molecule has 0 heterocycles. The SMILES string of the molecule is CCCCCCCC/C=C/CCCCCCCCCCCCCCCC(=O)OC(/C=C/CCCCCCCCCCCCC)C(COP(=O)([O-])OCC[N+](C)(C)C)NC(=O)CCCCCCCCCCCCCCCCCCCCC. The Balaban J connectivity index is 5.08. The molecule has 0 aliphatic rings. The Morgan fingerprint density at radius 3 is 1.05 bits per heavy atom. The lowest BCUT2D eigenvalue weighted by Gasteiger charge is -2.30. The van der Waals surface area contributed by atoms with Crippen molar-refractivity contribution in [1.82, 2.24) is 5.32 Å². The first-order valence-electron chi connectivity index (χ1n) is 35.6. The maximum atomic E-state index is 13.6. The standard InChI is InChI=1S/C71H139N2O7P/c1-7-10-13-16-19-22-25-28-30-32-34-35-36-37-39-41-43-46-49-52-55-58-61-64-71(75)80-69(62-59-56-53-50-47-44-27-24-21-18-15-12-9-3)68(67-79-81(76,77)78-66-65-73(4,5)6)72-70(74)63-60-57-54-51-48-45-42-40-38-33-31-29-26-23-20-17-14-11-8-2/h28,30,59,62,68-69H,7-27,29,31-58,60-61,63-67H2,1-6H3,(H-,72,74,76,77)/b30-28+,62-59+. The fourth-order valence-electron chi connectivity index (χ4n) is 10.9. The number of hydrogen-bond acceptors (Lipinski definition) is 7. The first kappa shape index (κ1) is 79.5. The number of unbranched alkanes of at least 4 members (excludes halogenated alkanes) is 48. The Morgan fingerprint density at radius 1 is 0.420 bits per heavy atom. The van der Waals surface area contributed by atoms with Gasteiger partial charge in [-0.05, 0) is 57.4 Å². The van der Waals surface area contributed by atoms with Crippen molar-refractivity contribution in [3.63, 3.8) is 0 Å². The molecule has 9 nitrogen and oxygen atoms in total. The molecule has 1 N–H and O–H groups in total. The second-order valence-corrected chi connectivity index (χ2v) is 27.2. The van der Waals surface area contributed by atoms with Crippen LogP contribution in [0.1, 0.15) is 367 Å². The zero-order chi connectivity index (χ0) is 59.3. The van der Waals surface area contributed by atoms with E-state index in [0.29, 0.717) is 17.4 Å². The molecule has 0 saturated heterocycles. The van der Waals surface area contributed by atoms with E-state index >= 15 is 0 Å². The Morgan fingerprint density at radius 2 is 0.716 bits per heavy atom. The molecule has 1 amide bonds. The quantitative estimate of drug-likeness (QED) is 0.0212. The summed E-state index contributed by atoms with van der Waals surface area (Å²) >= 11 is 0. The number of amides is 1. The molecule has 0 aromatic rings. The normalized spacial score (nSPS) is 13.6. The number of esters is 1. The molecular weight excluding hydrogens is 1020 g/mol. The highest BCUT2D eigenvalue weighted by Crippen LogP contribution is 2.38.